The van der Waals surface area contributed by atoms with Crippen LogP contribution in [0.2, 0.25) is 0 Å². The predicted octanol–water partition coefficient (Wildman–Crippen LogP) is 5.25. The summed E-state index contributed by atoms with van der Waals surface area (Å²) >= 11 is 0. The Morgan fingerprint density at radius 1 is 0.862 bits per heavy atom. The van der Waals surface area contributed by atoms with Gasteiger partial charge in [0.2, 0.25) is 0 Å². The van der Waals surface area contributed by atoms with Crippen LogP contribution in [0.15, 0.2) is 65.5 Å². The smallest absolute Gasteiger partial charge is 0.255 e. The van der Waals surface area contributed by atoms with Crippen LogP contribution in [0.4, 0.5) is 17.6 Å². The van der Waals surface area contributed by atoms with Gasteiger partial charge in [-0.15, -0.1) is 0 Å². The van der Waals surface area contributed by atoms with Crippen molar-refractivity contribution in [2.75, 3.05) is 0 Å². The third-order valence-corrected chi connectivity index (χ3v) is 4.66. The number of nitrogens with zero attached hydrogens (tertiary/aromatic N) is 1. The minimum atomic E-state index is -1.02. The lowest BCUT2D eigenvalue weighted by atomic mass is 9.99. The van der Waals surface area contributed by atoms with Crippen LogP contribution >= 0.6 is 0 Å². The lowest BCUT2D eigenvalue weighted by Crippen LogP contribution is -2.20. The molecule has 29 heavy (non-hydrogen) atoms. The maximum atomic E-state index is 14.6. The van der Waals surface area contributed by atoms with Gasteiger partial charge in [0.05, 0.1) is 11.2 Å². The summed E-state index contributed by atoms with van der Waals surface area (Å²) in [5.74, 6) is -2.79. The second-order valence-electron chi connectivity index (χ2n) is 6.44. The van der Waals surface area contributed by atoms with E-state index >= 15 is 0 Å². The first kappa shape index (κ1) is 18.7. The van der Waals surface area contributed by atoms with Gasteiger partial charge in [0.15, 0.2) is 0 Å². The Balaban J connectivity index is 2.14. The Bertz CT molecular complexity index is 1310. The first-order valence-electron chi connectivity index (χ1n) is 8.58. The van der Waals surface area contributed by atoms with Gasteiger partial charge in [-0.05, 0) is 35.9 Å². The highest BCUT2D eigenvalue weighted by Crippen LogP contribution is 2.35. The van der Waals surface area contributed by atoms with Gasteiger partial charge >= 0.3 is 0 Å². The van der Waals surface area contributed by atoms with Gasteiger partial charge in [-0.3, -0.25) is 9.36 Å². The Hall–Kier alpha value is -3.61. The molecule has 1 heterocycles. The summed E-state index contributed by atoms with van der Waals surface area (Å²) in [4.78, 5) is 12.6. The molecule has 0 spiro atoms. The fourth-order valence-corrected chi connectivity index (χ4v) is 3.41. The first-order chi connectivity index (χ1) is 13.9. The number of phenols is 1. The van der Waals surface area contributed by atoms with Crippen LogP contribution < -0.4 is 5.56 Å². The number of hydrogen-bond donors (Lipinski definition) is 1. The van der Waals surface area contributed by atoms with Gasteiger partial charge < -0.3 is 5.11 Å². The lowest BCUT2D eigenvalue weighted by Gasteiger charge is -2.16. The van der Waals surface area contributed by atoms with Gasteiger partial charge in [0.25, 0.3) is 5.56 Å². The van der Waals surface area contributed by atoms with Gasteiger partial charge in [-0.1, -0.05) is 12.1 Å². The summed E-state index contributed by atoms with van der Waals surface area (Å²) in [6.07, 6.45) is 0. The maximum Gasteiger partial charge on any atom is 0.255 e. The summed E-state index contributed by atoms with van der Waals surface area (Å²) in [6, 6.07) is 11.7. The molecule has 4 rings (SSSR count). The van der Waals surface area contributed by atoms with Crippen molar-refractivity contribution in [1.82, 2.24) is 4.57 Å². The van der Waals surface area contributed by atoms with E-state index in [1.165, 1.54) is 36.4 Å². The number of aromatic hydroxyl groups is 1. The van der Waals surface area contributed by atoms with Crippen LogP contribution in [0.5, 0.6) is 5.75 Å². The quantitative estimate of drug-likeness (QED) is 0.478. The molecule has 0 fully saturated rings. The van der Waals surface area contributed by atoms with Crippen LogP contribution in [-0.4, -0.2) is 9.67 Å². The molecule has 0 bridgehead atoms. The molecule has 4 aromatic rings. The number of para-hydroxylation sites is 1. The Morgan fingerprint density at radius 3 is 2.38 bits per heavy atom. The summed E-state index contributed by atoms with van der Waals surface area (Å²) in [5, 5.41) is 10.5. The van der Waals surface area contributed by atoms with Crippen molar-refractivity contribution in [1.29, 1.82) is 0 Å². The zero-order valence-electron chi connectivity index (χ0n) is 14.8. The number of benzene rings is 3. The molecule has 0 amide bonds. The van der Waals surface area contributed by atoms with E-state index in [2.05, 4.69) is 0 Å². The zero-order valence-corrected chi connectivity index (χ0v) is 14.8. The Labute approximate surface area is 162 Å². The average molecular weight is 399 g/mol. The van der Waals surface area contributed by atoms with E-state index in [1.54, 1.807) is 0 Å². The minimum Gasteiger partial charge on any atom is -0.508 e. The highest BCUT2D eigenvalue weighted by atomic mass is 19.1. The van der Waals surface area contributed by atoms with Gasteiger partial charge in [-0.25, -0.2) is 17.6 Å². The summed E-state index contributed by atoms with van der Waals surface area (Å²) < 4.78 is 56.7. The lowest BCUT2D eigenvalue weighted by molar-refractivity contribution is 0.476. The van der Waals surface area contributed by atoms with Crippen LogP contribution in [0.1, 0.15) is 5.56 Å². The molecule has 0 aliphatic rings. The van der Waals surface area contributed by atoms with Crippen molar-refractivity contribution in [2.24, 2.45) is 0 Å². The third-order valence-electron chi connectivity index (χ3n) is 4.66. The second-order valence-corrected chi connectivity index (χ2v) is 6.44. The SMILES string of the molecule is O=c1ccc2c(-c3ccc(F)cc3F)cc(O)cc2n1-c1c(F)cccc1CF. The highest BCUT2D eigenvalue weighted by Gasteiger charge is 2.18. The molecule has 0 atom stereocenters. The normalized spacial score (nSPS) is 11.2. The standard InChI is InChI=1S/C22H13F4NO2/c23-11-12-2-1-3-18(25)22(12)27-20-10-14(28)9-17(16(20)6-7-21(27)29)15-5-4-13(24)8-19(15)26/h1-10,28H,11H2. The van der Waals surface area contributed by atoms with Crippen LogP contribution in [0.25, 0.3) is 27.7 Å². The van der Waals surface area contributed by atoms with E-state index in [4.69, 9.17) is 0 Å². The minimum absolute atomic E-state index is 0.0169. The molecular formula is C22H13F4NO2. The van der Waals surface area contributed by atoms with Crippen molar-refractivity contribution < 1.29 is 22.7 Å². The Morgan fingerprint density at radius 2 is 1.66 bits per heavy atom. The van der Waals surface area contributed by atoms with Crippen molar-refractivity contribution >= 4 is 10.9 Å². The maximum absolute atomic E-state index is 14.6. The molecule has 3 aromatic carbocycles. The van der Waals surface area contributed by atoms with Crippen LogP contribution in [0, 0.1) is 17.5 Å². The topological polar surface area (TPSA) is 42.2 Å². The first-order valence-corrected chi connectivity index (χ1v) is 8.58. The van der Waals surface area contributed by atoms with Crippen molar-refractivity contribution in [3.63, 3.8) is 0 Å². The number of hydrogen-bond acceptors (Lipinski definition) is 2. The van der Waals surface area contributed by atoms with E-state index < -0.39 is 29.7 Å². The average Bonchev–Trinajstić information content (AvgIpc) is 2.68. The van der Waals surface area contributed by atoms with E-state index in [1.807, 2.05) is 0 Å². The number of fused-ring (bicyclic) bond motifs is 1. The molecule has 7 heteroatoms. The third kappa shape index (κ3) is 3.14. The van der Waals surface area contributed by atoms with Crippen molar-refractivity contribution in [2.45, 2.75) is 6.67 Å². The summed E-state index contributed by atoms with van der Waals surface area (Å²) in [6.45, 7) is -1.02. The van der Waals surface area contributed by atoms with Gasteiger partial charge in [0, 0.05) is 34.7 Å². The number of pyridine rings is 1. The number of rotatable bonds is 3. The molecule has 0 unspecified atom stereocenters. The zero-order chi connectivity index (χ0) is 20.7. The van der Waals surface area contributed by atoms with Gasteiger partial charge in [-0.2, -0.15) is 0 Å². The van der Waals surface area contributed by atoms with E-state index in [0.717, 1.165) is 22.8 Å². The highest BCUT2D eigenvalue weighted by molar-refractivity contribution is 5.97. The largest absolute Gasteiger partial charge is 0.508 e. The summed E-state index contributed by atoms with van der Waals surface area (Å²) in [5.41, 5.74) is -0.801. The van der Waals surface area contributed by atoms with Crippen molar-refractivity contribution in [3.05, 3.63) is 94.0 Å². The fourth-order valence-electron chi connectivity index (χ4n) is 3.41. The number of halogens is 4. The number of phenolic OH excluding ortho intramolecular Hbond substituents is 1. The molecule has 0 aliphatic carbocycles. The Kier molecular flexibility index (Phi) is 4.58. The fraction of sp³-hybridized carbons (Fsp3) is 0.0455. The molecule has 0 saturated heterocycles. The second kappa shape index (κ2) is 7.09. The van der Waals surface area contributed by atoms with Gasteiger partial charge in [0.1, 0.15) is 29.9 Å². The molecule has 0 aliphatic heterocycles. The molecule has 3 nitrogen and oxygen atoms in total. The monoisotopic (exact) mass is 399 g/mol. The predicted molar refractivity (Wildman–Crippen MR) is 101 cm³/mol. The molecule has 0 radical (unpaired) electrons. The number of aromatic nitrogens is 1. The van der Waals surface area contributed by atoms with E-state index in [-0.39, 0.29) is 33.6 Å². The number of alkyl halides is 1. The molecule has 1 aromatic heterocycles. The molecule has 146 valence electrons. The van der Waals surface area contributed by atoms with E-state index in [0.29, 0.717) is 11.5 Å². The van der Waals surface area contributed by atoms with E-state index in [9.17, 15) is 27.5 Å². The van der Waals surface area contributed by atoms with Crippen LogP contribution in [-0.2, 0) is 6.67 Å². The molecule has 1 N–H and O–H groups in total. The molecular weight excluding hydrogens is 386 g/mol. The van der Waals surface area contributed by atoms with Crippen LogP contribution in [0.3, 0.4) is 0 Å². The molecule has 0 saturated carbocycles. The summed E-state index contributed by atoms with van der Waals surface area (Å²) in [7, 11) is 0. The van der Waals surface area contributed by atoms with Crippen molar-refractivity contribution in [3.8, 4) is 22.6 Å².